The summed E-state index contributed by atoms with van der Waals surface area (Å²) < 4.78 is 0. The van der Waals surface area contributed by atoms with Gasteiger partial charge in [-0.1, -0.05) is 55.5 Å². The van der Waals surface area contributed by atoms with E-state index in [4.69, 9.17) is 0 Å². The van der Waals surface area contributed by atoms with Gasteiger partial charge < -0.3 is 4.80 Å². The molecule has 1 rings (SSSR count). The van der Waals surface area contributed by atoms with Crippen LogP contribution in [0.3, 0.4) is 0 Å². The molecule has 0 aliphatic rings. The van der Waals surface area contributed by atoms with Crippen molar-refractivity contribution in [3.63, 3.8) is 0 Å². The maximum atomic E-state index is 9.53. The van der Waals surface area contributed by atoms with E-state index in [0.29, 0.717) is 0 Å². The summed E-state index contributed by atoms with van der Waals surface area (Å²) in [5.41, 5.74) is 3.11. The molecule has 1 aromatic carbocycles. The van der Waals surface area contributed by atoms with Crippen LogP contribution in [0.1, 0.15) is 18.9 Å². The average molecular weight is 191 g/mol. The summed E-state index contributed by atoms with van der Waals surface area (Å²) in [4.78, 5) is 9.53. The first kappa shape index (κ1) is 10.2. The lowest BCUT2D eigenvalue weighted by Crippen LogP contribution is -2.06. The molecule has 0 aromatic heterocycles. The third-order valence-electron chi connectivity index (χ3n) is 1.77. The van der Waals surface area contributed by atoms with Crippen molar-refractivity contribution in [2.45, 2.75) is 19.4 Å². The van der Waals surface area contributed by atoms with E-state index in [1.165, 1.54) is 0 Å². The van der Waals surface area contributed by atoms with Crippen LogP contribution in [-0.2, 0) is 0 Å². The van der Waals surface area contributed by atoms with Gasteiger partial charge in [-0.05, 0) is 11.6 Å². The van der Waals surface area contributed by atoms with Crippen LogP contribution in [0.2, 0.25) is 6.04 Å². The Labute approximate surface area is 81.5 Å². The standard InChI is InChI=1S/C11H15OSi/c1-2-9-13(12)10-8-11-6-4-3-5-7-11/h3-8,10,12H,2,9H2,1H3. The molecule has 0 spiro atoms. The van der Waals surface area contributed by atoms with Crippen molar-refractivity contribution in [2.24, 2.45) is 0 Å². The summed E-state index contributed by atoms with van der Waals surface area (Å²) in [6, 6.07) is 11.0. The van der Waals surface area contributed by atoms with Crippen LogP contribution in [0, 0.1) is 0 Å². The van der Waals surface area contributed by atoms with E-state index in [1.807, 2.05) is 42.1 Å². The van der Waals surface area contributed by atoms with E-state index in [1.54, 1.807) is 0 Å². The Morgan fingerprint density at radius 2 is 2.00 bits per heavy atom. The third kappa shape index (κ3) is 4.06. The molecule has 1 aromatic rings. The highest BCUT2D eigenvalue weighted by Crippen LogP contribution is 2.03. The van der Waals surface area contributed by atoms with Crippen molar-refractivity contribution < 1.29 is 4.80 Å². The Kier molecular flexibility index (Phi) is 4.50. The Bertz CT molecular complexity index is 256. The summed E-state index contributed by atoms with van der Waals surface area (Å²) >= 11 is 0. The fourth-order valence-electron chi connectivity index (χ4n) is 1.10. The fourth-order valence-corrected chi connectivity index (χ4v) is 2.16. The molecule has 0 atom stereocenters. The van der Waals surface area contributed by atoms with Crippen molar-refractivity contribution in [1.29, 1.82) is 0 Å². The van der Waals surface area contributed by atoms with Crippen molar-refractivity contribution in [1.82, 2.24) is 0 Å². The SMILES string of the molecule is CCC[Si](O)C=Cc1ccccc1. The Morgan fingerprint density at radius 3 is 2.62 bits per heavy atom. The van der Waals surface area contributed by atoms with Crippen LogP contribution in [0.25, 0.3) is 6.08 Å². The molecule has 0 heterocycles. The summed E-state index contributed by atoms with van der Waals surface area (Å²) in [6.45, 7) is 2.09. The van der Waals surface area contributed by atoms with Gasteiger partial charge in [-0.2, -0.15) is 0 Å². The summed E-state index contributed by atoms with van der Waals surface area (Å²) in [6.07, 6.45) is 3.06. The predicted octanol–water partition coefficient (Wildman–Crippen LogP) is 2.63. The molecule has 0 unspecified atom stereocenters. The first-order chi connectivity index (χ1) is 6.33. The highest BCUT2D eigenvalue weighted by Gasteiger charge is 1.99. The summed E-state index contributed by atoms with van der Waals surface area (Å²) in [7, 11) is -1.22. The molecular formula is C11H15OSi. The third-order valence-corrected chi connectivity index (χ3v) is 3.34. The highest BCUT2D eigenvalue weighted by atomic mass is 28.3. The van der Waals surface area contributed by atoms with Gasteiger partial charge in [-0.3, -0.25) is 0 Å². The van der Waals surface area contributed by atoms with Gasteiger partial charge in [0.2, 0.25) is 9.04 Å². The minimum atomic E-state index is -1.22. The molecule has 0 bridgehead atoms. The predicted molar refractivity (Wildman–Crippen MR) is 58.5 cm³/mol. The minimum absolute atomic E-state index is 0.938. The largest absolute Gasteiger partial charge is 0.428 e. The molecule has 1 radical (unpaired) electrons. The maximum absolute atomic E-state index is 9.53. The molecule has 2 heteroatoms. The van der Waals surface area contributed by atoms with Crippen molar-refractivity contribution in [3.05, 3.63) is 41.6 Å². The lowest BCUT2D eigenvalue weighted by Gasteiger charge is -1.97. The van der Waals surface area contributed by atoms with Gasteiger partial charge in [0.25, 0.3) is 0 Å². The van der Waals surface area contributed by atoms with E-state index < -0.39 is 9.04 Å². The zero-order valence-electron chi connectivity index (χ0n) is 7.90. The van der Waals surface area contributed by atoms with Crippen molar-refractivity contribution in [3.8, 4) is 0 Å². The molecule has 69 valence electrons. The number of rotatable bonds is 4. The van der Waals surface area contributed by atoms with Crippen molar-refractivity contribution in [2.75, 3.05) is 0 Å². The Hall–Kier alpha value is -0.863. The summed E-state index contributed by atoms with van der Waals surface area (Å²) in [5, 5.41) is 0. The van der Waals surface area contributed by atoms with Crippen LogP contribution in [0.5, 0.6) is 0 Å². The second-order valence-electron chi connectivity index (χ2n) is 2.99. The van der Waals surface area contributed by atoms with Crippen LogP contribution in [0.4, 0.5) is 0 Å². The summed E-state index contributed by atoms with van der Waals surface area (Å²) in [5.74, 6) is 0. The van der Waals surface area contributed by atoms with E-state index in [9.17, 15) is 4.80 Å². The first-order valence-corrected chi connectivity index (χ1v) is 6.34. The van der Waals surface area contributed by atoms with Gasteiger partial charge in [0, 0.05) is 0 Å². The van der Waals surface area contributed by atoms with Gasteiger partial charge in [-0.15, -0.1) is 0 Å². The number of hydrogen-bond acceptors (Lipinski definition) is 1. The number of hydrogen-bond donors (Lipinski definition) is 1. The zero-order valence-corrected chi connectivity index (χ0v) is 8.90. The van der Waals surface area contributed by atoms with Gasteiger partial charge in [-0.25, -0.2) is 0 Å². The zero-order chi connectivity index (χ0) is 9.52. The normalized spacial score (nSPS) is 11.3. The van der Waals surface area contributed by atoms with Gasteiger partial charge in [0.15, 0.2) is 0 Å². The first-order valence-electron chi connectivity index (χ1n) is 4.61. The van der Waals surface area contributed by atoms with Gasteiger partial charge in [0.05, 0.1) is 0 Å². The average Bonchev–Trinajstić information content (AvgIpc) is 2.17. The second kappa shape index (κ2) is 5.73. The van der Waals surface area contributed by atoms with E-state index in [-0.39, 0.29) is 0 Å². The van der Waals surface area contributed by atoms with Crippen molar-refractivity contribution >= 4 is 15.1 Å². The molecule has 13 heavy (non-hydrogen) atoms. The van der Waals surface area contributed by atoms with Crippen LogP contribution in [-0.4, -0.2) is 13.8 Å². The molecule has 0 amide bonds. The molecule has 0 aliphatic heterocycles. The lowest BCUT2D eigenvalue weighted by molar-refractivity contribution is 0.580. The number of benzene rings is 1. The molecule has 1 nitrogen and oxygen atoms in total. The van der Waals surface area contributed by atoms with E-state index in [2.05, 4.69) is 6.92 Å². The molecular weight excluding hydrogens is 176 g/mol. The van der Waals surface area contributed by atoms with E-state index >= 15 is 0 Å². The Balaban J connectivity index is 2.49. The lowest BCUT2D eigenvalue weighted by atomic mass is 10.2. The van der Waals surface area contributed by atoms with E-state index in [0.717, 1.165) is 18.0 Å². The van der Waals surface area contributed by atoms with Crippen LogP contribution < -0.4 is 0 Å². The molecule has 0 saturated carbocycles. The quantitative estimate of drug-likeness (QED) is 0.725. The molecule has 0 aliphatic carbocycles. The molecule has 0 fully saturated rings. The minimum Gasteiger partial charge on any atom is -0.428 e. The smallest absolute Gasteiger partial charge is 0.235 e. The van der Waals surface area contributed by atoms with Crippen LogP contribution >= 0.6 is 0 Å². The highest BCUT2D eigenvalue weighted by molar-refractivity contribution is 6.57. The monoisotopic (exact) mass is 191 g/mol. The topological polar surface area (TPSA) is 20.2 Å². The molecule has 0 saturated heterocycles. The second-order valence-corrected chi connectivity index (χ2v) is 4.80. The fraction of sp³-hybridized carbons (Fsp3) is 0.273. The Morgan fingerprint density at radius 1 is 1.31 bits per heavy atom. The van der Waals surface area contributed by atoms with Gasteiger partial charge >= 0.3 is 0 Å². The molecule has 1 N–H and O–H groups in total. The van der Waals surface area contributed by atoms with Gasteiger partial charge in [0.1, 0.15) is 0 Å². The maximum Gasteiger partial charge on any atom is 0.235 e. The van der Waals surface area contributed by atoms with Crippen LogP contribution in [0.15, 0.2) is 36.0 Å².